The highest BCUT2D eigenvalue weighted by Crippen LogP contribution is 2.37. The molecule has 1 N–H and O–H groups in total. The van der Waals surface area contributed by atoms with E-state index in [1.807, 2.05) is 4.90 Å². The van der Waals surface area contributed by atoms with Gasteiger partial charge in [0.15, 0.2) is 5.75 Å². The molecular weight excluding hydrogens is 432 g/mol. The van der Waals surface area contributed by atoms with Crippen molar-refractivity contribution in [1.29, 1.82) is 0 Å². The summed E-state index contributed by atoms with van der Waals surface area (Å²) in [6.45, 7) is 1.87. The van der Waals surface area contributed by atoms with Gasteiger partial charge in [0.1, 0.15) is 11.6 Å². The molecule has 9 heteroatoms. The van der Waals surface area contributed by atoms with Gasteiger partial charge in [0.2, 0.25) is 0 Å². The fraction of sp³-hybridized carbons (Fsp3) is 0.316. The number of morpholine rings is 1. The van der Waals surface area contributed by atoms with Crippen LogP contribution in [0.1, 0.15) is 18.1 Å². The first kappa shape index (κ1) is 22.7. The average Bonchev–Trinajstić information content (AvgIpc) is 2.63. The molecule has 0 spiro atoms. The molecule has 5 nitrogen and oxygen atoms in total. The van der Waals surface area contributed by atoms with Crippen LogP contribution in [0.5, 0.6) is 11.5 Å². The summed E-state index contributed by atoms with van der Waals surface area (Å²) in [7, 11) is 0. The monoisotopic (exact) mass is 449 g/mol. The van der Waals surface area contributed by atoms with Gasteiger partial charge in [-0.05, 0) is 24.3 Å². The van der Waals surface area contributed by atoms with Crippen molar-refractivity contribution in [2.75, 3.05) is 26.2 Å². The zero-order chi connectivity index (χ0) is 19.4. The van der Waals surface area contributed by atoms with Gasteiger partial charge in [-0.2, -0.15) is 0 Å². The summed E-state index contributed by atoms with van der Waals surface area (Å²) >= 11 is 12.1. The lowest BCUT2D eigenvalue weighted by atomic mass is 10.1. The molecule has 0 bridgehead atoms. The van der Waals surface area contributed by atoms with Crippen LogP contribution in [-0.2, 0) is 9.53 Å². The molecule has 1 fully saturated rings. The van der Waals surface area contributed by atoms with E-state index in [2.05, 4.69) is 0 Å². The zero-order valence-corrected chi connectivity index (χ0v) is 17.1. The fourth-order valence-corrected chi connectivity index (χ4v) is 3.35. The van der Waals surface area contributed by atoms with Crippen LogP contribution < -0.4 is 4.74 Å². The molecule has 1 unspecified atom stereocenters. The lowest BCUT2D eigenvalue weighted by molar-refractivity contribution is -0.137. The van der Waals surface area contributed by atoms with Crippen LogP contribution in [0.4, 0.5) is 4.39 Å². The molecule has 0 amide bonds. The maximum atomic E-state index is 14.6. The van der Waals surface area contributed by atoms with Crippen molar-refractivity contribution >= 4 is 41.6 Å². The van der Waals surface area contributed by atoms with Crippen LogP contribution in [0, 0.1) is 5.82 Å². The summed E-state index contributed by atoms with van der Waals surface area (Å²) in [5, 5.41) is 9.47. The number of benzene rings is 2. The third-order valence-corrected chi connectivity index (χ3v) is 4.85. The molecule has 1 aliphatic heterocycles. The molecule has 2 aromatic rings. The number of hydrogen-bond donors (Lipinski definition) is 1. The summed E-state index contributed by atoms with van der Waals surface area (Å²) in [6, 6.07) is 9.44. The number of rotatable bonds is 6. The van der Waals surface area contributed by atoms with E-state index in [0.717, 1.165) is 0 Å². The Morgan fingerprint density at radius 1 is 1.29 bits per heavy atom. The van der Waals surface area contributed by atoms with Crippen LogP contribution >= 0.6 is 35.6 Å². The average molecular weight is 451 g/mol. The highest BCUT2D eigenvalue weighted by Gasteiger charge is 2.25. The number of nitrogens with zero attached hydrogens (tertiary/aromatic N) is 1. The van der Waals surface area contributed by atoms with Crippen molar-refractivity contribution in [3.63, 3.8) is 0 Å². The molecule has 1 aliphatic rings. The second kappa shape index (κ2) is 10.3. The molecule has 0 aromatic heterocycles. The number of carboxylic acid groups (broad SMARTS) is 1. The van der Waals surface area contributed by atoms with Crippen LogP contribution in [0.3, 0.4) is 0 Å². The molecule has 28 heavy (non-hydrogen) atoms. The maximum absolute atomic E-state index is 14.6. The van der Waals surface area contributed by atoms with Gasteiger partial charge in [-0.1, -0.05) is 29.3 Å². The number of ether oxygens (including phenoxy) is 2. The van der Waals surface area contributed by atoms with Gasteiger partial charge in [0.25, 0.3) is 0 Å². The Kier molecular flexibility index (Phi) is 8.34. The lowest BCUT2D eigenvalue weighted by Crippen LogP contribution is -2.39. The lowest BCUT2D eigenvalue weighted by Gasteiger charge is -2.33. The number of aliphatic carboxylic acids is 1. The van der Waals surface area contributed by atoms with Gasteiger partial charge in [0.05, 0.1) is 29.2 Å². The van der Waals surface area contributed by atoms with Crippen molar-refractivity contribution in [2.45, 2.75) is 12.5 Å². The number of carboxylic acids is 1. The molecule has 0 aliphatic carbocycles. The maximum Gasteiger partial charge on any atom is 0.304 e. The second-order valence-corrected chi connectivity index (χ2v) is 6.95. The largest absolute Gasteiger partial charge is 0.481 e. The fourth-order valence-electron chi connectivity index (χ4n) is 2.88. The van der Waals surface area contributed by atoms with E-state index in [9.17, 15) is 9.18 Å². The second-order valence-electron chi connectivity index (χ2n) is 6.14. The number of halogens is 4. The third-order valence-electron chi connectivity index (χ3n) is 4.25. The predicted molar refractivity (Wildman–Crippen MR) is 108 cm³/mol. The highest BCUT2D eigenvalue weighted by atomic mass is 35.5. The topological polar surface area (TPSA) is 59.0 Å². The first-order valence-electron chi connectivity index (χ1n) is 8.41. The van der Waals surface area contributed by atoms with E-state index >= 15 is 0 Å². The van der Waals surface area contributed by atoms with E-state index in [4.69, 9.17) is 37.8 Å². The highest BCUT2D eigenvalue weighted by molar-refractivity contribution is 6.37. The van der Waals surface area contributed by atoms with Crippen LogP contribution in [0.15, 0.2) is 36.4 Å². The van der Waals surface area contributed by atoms with Crippen molar-refractivity contribution in [2.24, 2.45) is 0 Å². The molecule has 1 atom stereocenters. The molecule has 0 saturated carbocycles. The molecule has 152 valence electrons. The van der Waals surface area contributed by atoms with Crippen LogP contribution in [0.25, 0.3) is 0 Å². The first-order valence-corrected chi connectivity index (χ1v) is 9.16. The molecular formula is C19H19Cl3FNO4. The van der Waals surface area contributed by atoms with Crippen LogP contribution in [0.2, 0.25) is 10.0 Å². The summed E-state index contributed by atoms with van der Waals surface area (Å²) < 4.78 is 25.9. The third kappa shape index (κ3) is 5.72. The minimum Gasteiger partial charge on any atom is -0.481 e. The quantitative estimate of drug-likeness (QED) is 0.656. The van der Waals surface area contributed by atoms with Crippen LogP contribution in [-0.4, -0.2) is 42.2 Å². The minimum atomic E-state index is -0.857. The summed E-state index contributed by atoms with van der Waals surface area (Å²) in [4.78, 5) is 12.7. The Balaban J connectivity index is 0.00000280. The van der Waals surface area contributed by atoms with E-state index in [0.29, 0.717) is 41.8 Å². The number of carbonyl (C=O) groups is 1. The number of hydrogen-bond acceptors (Lipinski definition) is 4. The number of para-hydroxylation sites is 1. The molecule has 1 saturated heterocycles. The minimum absolute atomic E-state index is 0. The molecule has 0 radical (unpaired) electrons. The van der Waals surface area contributed by atoms with E-state index in [1.54, 1.807) is 30.3 Å². The Hall–Kier alpha value is -1.57. The molecule has 1 heterocycles. The van der Waals surface area contributed by atoms with Crippen molar-refractivity contribution in [3.05, 3.63) is 57.8 Å². The normalized spacial score (nSPS) is 17.0. The van der Waals surface area contributed by atoms with E-state index < -0.39 is 17.9 Å². The van der Waals surface area contributed by atoms with Crippen molar-refractivity contribution < 1.29 is 23.8 Å². The van der Waals surface area contributed by atoms with Gasteiger partial charge in [-0.25, -0.2) is 4.39 Å². The zero-order valence-electron chi connectivity index (χ0n) is 14.7. The Labute approximate surface area is 178 Å². The predicted octanol–water partition coefficient (Wildman–Crippen LogP) is 5.19. The van der Waals surface area contributed by atoms with E-state index in [1.165, 1.54) is 6.07 Å². The molecule has 3 rings (SSSR count). The SMILES string of the molecule is Cl.O=C(O)CCN1CCOC(c2ccc(Oc3c(Cl)cccc3Cl)cc2F)C1. The Morgan fingerprint density at radius 3 is 2.64 bits per heavy atom. The Bertz CT molecular complexity index is 817. The smallest absolute Gasteiger partial charge is 0.304 e. The van der Waals surface area contributed by atoms with Gasteiger partial charge < -0.3 is 14.6 Å². The standard InChI is InChI=1S/C19H18Cl2FNO4.ClH/c20-14-2-1-3-15(21)19(14)27-12-4-5-13(16(22)10-12)17-11-23(8-9-26-17)7-6-18(24)25;/h1-5,10,17H,6-9,11H2,(H,24,25);1H. The van der Waals surface area contributed by atoms with Gasteiger partial charge in [-0.15, -0.1) is 12.4 Å². The van der Waals surface area contributed by atoms with Gasteiger partial charge in [-0.3, -0.25) is 9.69 Å². The summed E-state index contributed by atoms with van der Waals surface area (Å²) in [6.07, 6.45) is -0.425. The van der Waals surface area contributed by atoms with Crippen molar-refractivity contribution in [1.82, 2.24) is 4.90 Å². The molecule has 2 aromatic carbocycles. The van der Waals surface area contributed by atoms with Crippen molar-refractivity contribution in [3.8, 4) is 11.5 Å². The summed E-state index contributed by atoms with van der Waals surface area (Å²) in [5.74, 6) is -0.795. The van der Waals surface area contributed by atoms with Gasteiger partial charge in [0, 0.05) is 31.3 Å². The summed E-state index contributed by atoms with van der Waals surface area (Å²) in [5.41, 5.74) is 0.396. The van der Waals surface area contributed by atoms with E-state index in [-0.39, 0.29) is 30.3 Å². The Morgan fingerprint density at radius 2 is 2.00 bits per heavy atom. The first-order chi connectivity index (χ1) is 12.9. The van der Waals surface area contributed by atoms with Gasteiger partial charge >= 0.3 is 5.97 Å².